The number of hydrogen-bond donors (Lipinski definition) is 1. The Morgan fingerprint density at radius 2 is 2.14 bits per heavy atom. The SMILES string of the molecule is CC(C)(C)[Si](C)(C)OC[C@@]1(C)CN([B]C=O)c2c(C#N)cc(-c3ccnc(Nc4cc(Cl)nn4C[C@H]4CCCO4)n3)cc21. The number of fused-ring (bicyclic) bond motifs is 1. The lowest BCUT2D eigenvalue weighted by Gasteiger charge is -2.39. The van der Waals surface area contributed by atoms with Crippen LogP contribution in [0.15, 0.2) is 30.5 Å². The Kier molecular flexibility index (Phi) is 8.73. The van der Waals surface area contributed by atoms with Crippen molar-refractivity contribution in [1.82, 2.24) is 19.7 Å². The molecule has 2 aliphatic rings. The number of halogens is 1. The Bertz CT molecular complexity index is 1550. The van der Waals surface area contributed by atoms with Crippen LogP contribution in [0.4, 0.5) is 17.5 Å². The van der Waals surface area contributed by atoms with Crippen LogP contribution in [0.3, 0.4) is 0 Å². The molecule has 1 fully saturated rings. The Morgan fingerprint density at radius 3 is 2.81 bits per heavy atom. The van der Waals surface area contributed by atoms with E-state index >= 15 is 0 Å². The quantitative estimate of drug-likeness (QED) is 0.226. The van der Waals surface area contributed by atoms with E-state index in [0.717, 1.165) is 42.4 Å². The van der Waals surface area contributed by atoms with Gasteiger partial charge in [-0.1, -0.05) is 39.3 Å². The average molecular weight is 619 g/mol. The number of aromatic nitrogens is 4. The zero-order valence-corrected chi connectivity index (χ0v) is 27.4. The van der Waals surface area contributed by atoms with Crippen molar-refractivity contribution >= 4 is 51.0 Å². The van der Waals surface area contributed by atoms with E-state index < -0.39 is 13.7 Å². The molecule has 2 atom stereocenters. The summed E-state index contributed by atoms with van der Waals surface area (Å²) in [5, 5.41) is 18.3. The van der Waals surface area contributed by atoms with Crippen molar-refractivity contribution in [3.05, 3.63) is 46.7 Å². The number of carbonyl (C=O) groups is 1. The largest absolute Gasteiger partial charge is 0.416 e. The summed E-state index contributed by atoms with van der Waals surface area (Å²) in [4.78, 5) is 22.7. The molecule has 2 aromatic heterocycles. The van der Waals surface area contributed by atoms with Crippen molar-refractivity contribution in [3.63, 3.8) is 0 Å². The molecule has 0 amide bonds. The van der Waals surface area contributed by atoms with Crippen LogP contribution in [0.25, 0.3) is 11.3 Å². The maximum absolute atomic E-state index is 11.6. The maximum Gasteiger partial charge on any atom is 0.329 e. The smallest absolute Gasteiger partial charge is 0.329 e. The van der Waals surface area contributed by atoms with Crippen molar-refractivity contribution < 1.29 is 14.0 Å². The van der Waals surface area contributed by atoms with Gasteiger partial charge in [-0.3, -0.25) is 0 Å². The van der Waals surface area contributed by atoms with Crippen molar-refractivity contribution in [2.24, 2.45) is 0 Å². The fraction of sp³-hybridized carbons (Fsp3) is 0.500. The number of hydrogen-bond acceptors (Lipinski definition) is 9. The molecule has 1 N–H and O–H groups in total. The van der Waals surface area contributed by atoms with Gasteiger partial charge in [-0.05, 0) is 54.7 Å². The van der Waals surface area contributed by atoms with E-state index in [1.54, 1.807) is 16.9 Å². The number of carbonyl (C=O) groups excluding carboxylic acids is 1. The maximum atomic E-state index is 11.6. The van der Waals surface area contributed by atoms with Gasteiger partial charge in [0, 0.05) is 48.7 Å². The molecule has 0 spiro atoms. The second-order valence-corrected chi connectivity index (χ2v) is 18.3. The fourth-order valence-electron chi connectivity index (χ4n) is 5.36. The molecular formula is C30H38BClN7O3Si. The Hall–Kier alpha value is -3.24. The molecule has 43 heavy (non-hydrogen) atoms. The molecule has 3 aromatic rings. The lowest BCUT2D eigenvalue weighted by molar-refractivity contribution is 0.0945. The van der Waals surface area contributed by atoms with E-state index in [1.807, 2.05) is 16.9 Å². The molecule has 1 radical (unpaired) electrons. The minimum absolute atomic E-state index is 0.0488. The van der Waals surface area contributed by atoms with Gasteiger partial charge in [-0.15, -0.1) is 0 Å². The molecule has 1 aromatic carbocycles. The van der Waals surface area contributed by atoms with E-state index in [9.17, 15) is 10.1 Å². The third-order valence-electron chi connectivity index (χ3n) is 8.83. The van der Waals surface area contributed by atoms with Gasteiger partial charge in [-0.25, -0.2) is 14.6 Å². The van der Waals surface area contributed by atoms with E-state index in [-0.39, 0.29) is 11.1 Å². The van der Waals surface area contributed by atoms with Crippen LogP contribution in [-0.4, -0.2) is 67.5 Å². The van der Waals surface area contributed by atoms with Crippen molar-refractivity contribution in [1.29, 1.82) is 5.26 Å². The summed E-state index contributed by atoms with van der Waals surface area (Å²) >= 11 is 6.25. The van der Waals surface area contributed by atoms with Crippen LogP contribution < -0.4 is 10.1 Å². The summed E-state index contributed by atoms with van der Waals surface area (Å²) in [5.74, 6) is 1.04. The van der Waals surface area contributed by atoms with E-state index in [1.165, 1.54) is 7.41 Å². The second-order valence-electron chi connectivity index (χ2n) is 13.1. The first-order chi connectivity index (χ1) is 20.3. The highest BCUT2D eigenvalue weighted by atomic mass is 35.5. The average Bonchev–Trinajstić information content (AvgIpc) is 3.66. The standard InChI is InChI=1S/C30H38BClN7O3Si/c1-29(2,3)43(5,6)42-18-30(4)17-38(31-19-40)27-21(15-33)12-20(13-23(27)30)24-9-10-34-28(35-24)36-26-14-25(32)37-39(26)16-22-8-7-11-41-22/h9-10,12-14,19,22H,7-8,11,16-18H2,1-6H3,(H,34,35,36)/t22-,30-/m1/s1. The summed E-state index contributed by atoms with van der Waals surface area (Å²) in [6, 6.07) is 9.79. The van der Waals surface area contributed by atoms with Crippen LogP contribution in [0, 0.1) is 11.3 Å². The van der Waals surface area contributed by atoms with Gasteiger partial charge in [-0.2, -0.15) is 10.4 Å². The molecule has 0 aliphatic carbocycles. The Balaban J connectivity index is 1.48. The summed E-state index contributed by atoms with van der Waals surface area (Å²) < 4.78 is 14.3. The summed E-state index contributed by atoms with van der Waals surface area (Å²) in [6.07, 6.45) is 4.54. The van der Waals surface area contributed by atoms with Crippen LogP contribution in [-0.2, 0) is 25.9 Å². The zero-order valence-electron chi connectivity index (χ0n) is 25.6. The molecule has 225 valence electrons. The molecule has 10 nitrogen and oxygen atoms in total. The molecule has 5 rings (SSSR count). The van der Waals surface area contributed by atoms with Crippen LogP contribution in [0.2, 0.25) is 23.3 Å². The minimum atomic E-state index is -2.06. The Labute approximate surface area is 260 Å². The first kappa shape index (κ1) is 31.2. The number of benzene rings is 1. The fourth-order valence-corrected chi connectivity index (χ4v) is 6.67. The molecule has 0 unspecified atom stereocenters. The second kappa shape index (κ2) is 12.0. The first-order valence-corrected chi connectivity index (χ1v) is 17.9. The molecule has 1 saturated heterocycles. The van der Waals surface area contributed by atoms with E-state index in [2.05, 4.69) is 68.3 Å². The highest BCUT2D eigenvalue weighted by Crippen LogP contribution is 2.46. The van der Waals surface area contributed by atoms with Gasteiger partial charge in [0.25, 0.3) is 0 Å². The number of ether oxygens (including phenoxy) is 1. The lowest BCUT2D eigenvalue weighted by Crippen LogP contribution is -2.46. The molecule has 0 bridgehead atoms. The number of nitrogens with zero attached hydrogens (tertiary/aromatic N) is 6. The van der Waals surface area contributed by atoms with Gasteiger partial charge in [0.1, 0.15) is 18.1 Å². The third kappa shape index (κ3) is 6.50. The molecule has 13 heteroatoms. The third-order valence-corrected chi connectivity index (χ3v) is 13.5. The lowest BCUT2D eigenvalue weighted by atomic mass is 9.83. The number of nitriles is 1. The van der Waals surface area contributed by atoms with Crippen molar-refractivity contribution in [2.75, 3.05) is 29.9 Å². The summed E-state index contributed by atoms with van der Waals surface area (Å²) in [6.45, 7) is 15.6. The predicted octanol–water partition coefficient (Wildman–Crippen LogP) is 5.70. The molecule has 2 aliphatic heterocycles. The minimum Gasteiger partial charge on any atom is -0.416 e. The first-order valence-electron chi connectivity index (χ1n) is 14.6. The van der Waals surface area contributed by atoms with Crippen LogP contribution in [0.5, 0.6) is 0 Å². The predicted molar refractivity (Wildman–Crippen MR) is 172 cm³/mol. The normalized spacial score (nSPS) is 20.1. The number of anilines is 3. The van der Waals surface area contributed by atoms with Crippen LogP contribution in [0.1, 0.15) is 51.7 Å². The topological polar surface area (TPSA) is 118 Å². The van der Waals surface area contributed by atoms with Gasteiger partial charge in [0.05, 0.1) is 23.9 Å². The molecule has 4 heterocycles. The monoisotopic (exact) mass is 618 g/mol. The van der Waals surface area contributed by atoms with Gasteiger partial charge in [0.2, 0.25) is 5.95 Å². The van der Waals surface area contributed by atoms with Gasteiger partial charge < -0.3 is 24.1 Å². The zero-order chi connectivity index (χ0) is 31.0. The number of rotatable bonds is 10. The molecular weight excluding hydrogens is 581 g/mol. The van der Waals surface area contributed by atoms with Gasteiger partial charge in [0.15, 0.2) is 13.5 Å². The van der Waals surface area contributed by atoms with Gasteiger partial charge >= 0.3 is 7.41 Å². The van der Waals surface area contributed by atoms with Crippen molar-refractivity contribution in [2.45, 2.75) is 76.7 Å². The van der Waals surface area contributed by atoms with E-state index in [4.69, 9.17) is 25.7 Å². The Morgan fingerprint density at radius 1 is 1.35 bits per heavy atom. The molecule has 0 saturated carbocycles. The highest BCUT2D eigenvalue weighted by Gasteiger charge is 2.44. The summed E-state index contributed by atoms with van der Waals surface area (Å²) in [5.41, 5.74) is 3.13. The van der Waals surface area contributed by atoms with E-state index in [0.29, 0.717) is 47.9 Å². The highest BCUT2D eigenvalue weighted by molar-refractivity contribution is 6.74. The van der Waals surface area contributed by atoms with Crippen molar-refractivity contribution in [3.8, 4) is 17.3 Å². The van der Waals surface area contributed by atoms with Crippen LogP contribution >= 0.6 is 11.6 Å². The number of nitrogens with one attached hydrogen (secondary N) is 1. The summed E-state index contributed by atoms with van der Waals surface area (Å²) in [7, 11) is -0.562.